The van der Waals surface area contributed by atoms with Gasteiger partial charge in [0, 0.05) is 11.4 Å². The van der Waals surface area contributed by atoms with Crippen molar-refractivity contribution >= 4 is 23.5 Å². The number of rotatable bonds is 6. The fourth-order valence-electron chi connectivity index (χ4n) is 2.59. The number of hydrogen-bond donors (Lipinski definition) is 1. The second-order valence-electron chi connectivity index (χ2n) is 5.49. The summed E-state index contributed by atoms with van der Waals surface area (Å²) in [5, 5.41) is 3.30. The van der Waals surface area contributed by atoms with Crippen molar-refractivity contribution in [3.8, 4) is 5.75 Å². The zero-order valence-corrected chi connectivity index (χ0v) is 13.7. The van der Waals surface area contributed by atoms with Crippen LogP contribution in [0, 0.1) is 0 Å². The second-order valence-corrected chi connectivity index (χ2v) is 5.92. The molecule has 0 aromatic heterocycles. The molecule has 5 nitrogen and oxygen atoms in total. The molecule has 1 heterocycles. The van der Waals surface area contributed by atoms with Gasteiger partial charge in [0.2, 0.25) is 0 Å². The summed E-state index contributed by atoms with van der Waals surface area (Å²) in [6, 6.07) is 15.7. The van der Waals surface area contributed by atoms with Gasteiger partial charge in [0.1, 0.15) is 18.4 Å². The number of hydrogen-bond acceptors (Lipinski definition) is 3. The van der Waals surface area contributed by atoms with Crippen LogP contribution in [0.1, 0.15) is 5.56 Å². The van der Waals surface area contributed by atoms with Gasteiger partial charge >= 0.3 is 6.03 Å². The molecule has 1 aliphatic heterocycles. The number of carbonyl (C=O) groups is 2. The molecule has 6 heteroatoms. The number of nitrogens with zero attached hydrogens (tertiary/aromatic N) is 1. The monoisotopic (exact) mass is 344 g/mol. The summed E-state index contributed by atoms with van der Waals surface area (Å²) in [5.41, 5.74) is 1.01. The first-order valence-corrected chi connectivity index (χ1v) is 8.05. The molecule has 3 amide bonds. The normalized spacial score (nSPS) is 17.0. The summed E-state index contributed by atoms with van der Waals surface area (Å²) in [6.07, 6.45) is 0.483. The van der Waals surface area contributed by atoms with Crippen molar-refractivity contribution in [3.63, 3.8) is 0 Å². The van der Waals surface area contributed by atoms with Gasteiger partial charge in [-0.05, 0) is 23.8 Å². The van der Waals surface area contributed by atoms with E-state index in [1.807, 2.05) is 30.3 Å². The average Bonchev–Trinajstić information content (AvgIpc) is 2.83. The molecule has 1 fully saturated rings. The molecule has 0 bridgehead atoms. The summed E-state index contributed by atoms with van der Waals surface area (Å²) in [6.45, 7) is 0.417. The van der Waals surface area contributed by atoms with Crippen molar-refractivity contribution < 1.29 is 14.3 Å². The third-order valence-electron chi connectivity index (χ3n) is 3.77. The maximum absolute atomic E-state index is 12.4. The summed E-state index contributed by atoms with van der Waals surface area (Å²) in [5.74, 6) is 0.383. The molecular formula is C18H17ClN2O3. The average molecular weight is 345 g/mol. The van der Waals surface area contributed by atoms with Gasteiger partial charge in [-0.3, -0.25) is 9.69 Å². The van der Waals surface area contributed by atoms with Crippen LogP contribution >= 0.6 is 11.6 Å². The van der Waals surface area contributed by atoms with E-state index in [1.165, 1.54) is 4.90 Å². The molecule has 124 valence electrons. The van der Waals surface area contributed by atoms with Crippen molar-refractivity contribution in [2.75, 3.05) is 13.2 Å². The lowest BCUT2D eigenvalue weighted by atomic mass is 10.1. The maximum Gasteiger partial charge on any atom is 0.324 e. The number of carbonyl (C=O) groups excluding carboxylic acids is 2. The lowest BCUT2D eigenvalue weighted by Gasteiger charge is -2.14. The van der Waals surface area contributed by atoms with Crippen LogP contribution < -0.4 is 10.1 Å². The minimum Gasteiger partial charge on any atom is -0.492 e. The molecule has 1 N–H and O–H groups in total. The number of nitrogens with one attached hydrogen (secondary N) is 1. The van der Waals surface area contributed by atoms with Crippen molar-refractivity contribution in [2.24, 2.45) is 0 Å². The third-order valence-corrected chi connectivity index (χ3v) is 4.00. The van der Waals surface area contributed by atoms with Crippen LogP contribution in [0.25, 0.3) is 0 Å². The Morgan fingerprint density at radius 2 is 1.88 bits per heavy atom. The molecule has 1 aliphatic rings. The van der Waals surface area contributed by atoms with E-state index in [0.717, 1.165) is 5.56 Å². The number of ether oxygens (including phenoxy) is 1. The topological polar surface area (TPSA) is 58.6 Å². The first-order valence-electron chi connectivity index (χ1n) is 7.67. The van der Waals surface area contributed by atoms with Gasteiger partial charge in [0.15, 0.2) is 0 Å². The van der Waals surface area contributed by atoms with Crippen LogP contribution in [-0.4, -0.2) is 36.0 Å². The van der Waals surface area contributed by atoms with Crippen molar-refractivity contribution in [1.29, 1.82) is 0 Å². The van der Waals surface area contributed by atoms with E-state index in [-0.39, 0.29) is 25.1 Å². The summed E-state index contributed by atoms with van der Waals surface area (Å²) in [7, 11) is 0. The first-order chi connectivity index (χ1) is 11.6. The van der Waals surface area contributed by atoms with E-state index < -0.39 is 6.04 Å². The van der Waals surface area contributed by atoms with Gasteiger partial charge in [0.25, 0.3) is 5.91 Å². The molecule has 0 spiro atoms. The molecule has 1 atom stereocenters. The van der Waals surface area contributed by atoms with Gasteiger partial charge in [-0.25, -0.2) is 4.79 Å². The van der Waals surface area contributed by atoms with Gasteiger partial charge in [-0.15, -0.1) is 0 Å². The Hall–Kier alpha value is -2.53. The number of urea groups is 1. The van der Waals surface area contributed by atoms with Crippen LogP contribution in [0.2, 0.25) is 5.02 Å². The van der Waals surface area contributed by atoms with Crippen molar-refractivity contribution in [2.45, 2.75) is 12.5 Å². The zero-order valence-electron chi connectivity index (χ0n) is 12.9. The Morgan fingerprint density at radius 3 is 2.62 bits per heavy atom. The minimum absolute atomic E-state index is 0.197. The molecule has 1 unspecified atom stereocenters. The van der Waals surface area contributed by atoms with E-state index >= 15 is 0 Å². The van der Waals surface area contributed by atoms with E-state index in [9.17, 15) is 9.59 Å². The molecule has 24 heavy (non-hydrogen) atoms. The highest BCUT2D eigenvalue weighted by Crippen LogP contribution is 2.17. The van der Waals surface area contributed by atoms with Gasteiger partial charge in [0.05, 0.1) is 6.54 Å². The third kappa shape index (κ3) is 3.86. The Morgan fingerprint density at radius 1 is 1.08 bits per heavy atom. The van der Waals surface area contributed by atoms with Gasteiger partial charge < -0.3 is 10.1 Å². The minimum atomic E-state index is -0.522. The van der Waals surface area contributed by atoms with Crippen LogP contribution in [0.15, 0.2) is 54.6 Å². The summed E-state index contributed by atoms with van der Waals surface area (Å²) in [4.78, 5) is 25.6. The predicted molar refractivity (Wildman–Crippen MR) is 91.1 cm³/mol. The molecule has 2 aromatic rings. The highest BCUT2D eigenvalue weighted by molar-refractivity contribution is 6.30. The smallest absolute Gasteiger partial charge is 0.324 e. The summed E-state index contributed by atoms with van der Waals surface area (Å²) >= 11 is 5.88. The molecule has 3 rings (SSSR count). The Kier molecular flexibility index (Phi) is 5.01. The van der Waals surface area contributed by atoms with Crippen molar-refractivity contribution in [3.05, 3.63) is 65.2 Å². The van der Waals surface area contributed by atoms with E-state index in [0.29, 0.717) is 17.2 Å². The van der Waals surface area contributed by atoms with E-state index in [1.54, 1.807) is 24.3 Å². The number of imide groups is 1. The highest BCUT2D eigenvalue weighted by atomic mass is 35.5. The van der Waals surface area contributed by atoms with Crippen LogP contribution in [0.3, 0.4) is 0 Å². The fourth-order valence-corrected chi connectivity index (χ4v) is 2.77. The molecule has 2 aromatic carbocycles. The highest BCUT2D eigenvalue weighted by Gasteiger charge is 2.37. The maximum atomic E-state index is 12.4. The fraction of sp³-hybridized carbons (Fsp3) is 0.222. The van der Waals surface area contributed by atoms with E-state index in [4.69, 9.17) is 16.3 Å². The molecule has 0 radical (unpaired) electrons. The first kappa shape index (κ1) is 16.3. The largest absolute Gasteiger partial charge is 0.492 e. The summed E-state index contributed by atoms with van der Waals surface area (Å²) < 4.78 is 5.54. The predicted octanol–water partition coefficient (Wildman–Crippen LogP) is 2.88. The van der Waals surface area contributed by atoms with Gasteiger partial charge in [-0.1, -0.05) is 48.0 Å². The van der Waals surface area contributed by atoms with Crippen molar-refractivity contribution in [1.82, 2.24) is 10.2 Å². The van der Waals surface area contributed by atoms with E-state index in [2.05, 4.69) is 5.32 Å². The lowest BCUT2D eigenvalue weighted by molar-refractivity contribution is -0.127. The van der Waals surface area contributed by atoms with Gasteiger partial charge in [-0.2, -0.15) is 0 Å². The molecule has 0 saturated carbocycles. The Labute approximate surface area is 145 Å². The zero-order chi connectivity index (χ0) is 16.9. The molecule has 0 aliphatic carbocycles. The quantitative estimate of drug-likeness (QED) is 0.820. The molecular weight excluding hydrogens is 328 g/mol. The molecule has 1 saturated heterocycles. The van der Waals surface area contributed by atoms with Crippen LogP contribution in [0.5, 0.6) is 5.75 Å². The van der Waals surface area contributed by atoms with Crippen LogP contribution in [-0.2, 0) is 11.2 Å². The SMILES string of the molecule is O=C1NC(Cc2ccccc2)C(=O)N1CCOc1cccc(Cl)c1. The Balaban J connectivity index is 1.54. The second kappa shape index (κ2) is 7.36. The Bertz CT molecular complexity index is 736. The number of benzene rings is 2. The number of halogens is 1. The lowest BCUT2D eigenvalue weighted by Crippen LogP contribution is -2.35. The number of amides is 3. The van der Waals surface area contributed by atoms with Crippen LogP contribution in [0.4, 0.5) is 4.79 Å². The standard InChI is InChI=1S/C18H17ClN2O3/c19-14-7-4-8-15(12-14)24-10-9-21-17(22)16(20-18(21)23)11-13-5-2-1-3-6-13/h1-8,12,16H,9-11H2,(H,20,23).